The van der Waals surface area contributed by atoms with Crippen LogP contribution in [-0.4, -0.2) is 46.5 Å². The zero-order valence-corrected chi connectivity index (χ0v) is 20.5. The third kappa shape index (κ3) is 4.32. The molecule has 0 bridgehead atoms. The van der Waals surface area contributed by atoms with Crippen LogP contribution in [0.1, 0.15) is 6.92 Å². The first-order valence-corrected chi connectivity index (χ1v) is 13.9. The number of aromatic nitrogens is 5. The van der Waals surface area contributed by atoms with E-state index in [1.54, 1.807) is 48.7 Å². The minimum Gasteiger partial charge on any atom is -0.456 e. The molecule has 0 amide bonds. The second-order valence-corrected chi connectivity index (χ2v) is 11.5. The van der Waals surface area contributed by atoms with E-state index in [0.29, 0.717) is 17.0 Å². The first-order valence-electron chi connectivity index (χ1n) is 10.8. The van der Waals surface area contributed by atoms with E-state index in [1.165, 1.54) is 43.6 Å². The number of rotatable bonds is 7. The van der Waals surface area contributed by atoms with Crippen molar-refractivity contribution in [1.82, 2.24) is 23.9 Å². The lowest BCUT2D eigenvalue weighted by Gasteiger charge is -2.10. The minimum atomic E-state index is -4.15. The van der Waals surface area contributed by atoms with Gasteiger partial charge in [0.2, 0.25) is 0 Å². The molecule has 0 spiro atoms. The summed E-state index contributed by atoms with van der Waals surface area (Å²) in [7, 11) is -7.59. The van der Waals surface area contributed by atoms with Crippen molar-refractivity contribution in [3.63, 3.8) is 0 Å². The normalized spacial score (nSPS) is 12.0. The molecule has 0 atom stereocenters. The molecule has 0 aliphatic rings. The molecule has 12 heteroatoms. The number of pyridine rings is 3. The molecule has 182 valence electrons. The van der Waals surface area contributed by atoms with Crippen LogP contribution in [0.25, 0.3) is 22.6 Å². The van der Waals surface area contributed by atoms with E-state index in [2.05, 4.69) is 19.9 Å². The van der Waals surface area contributed by atoms with Crippen LogP contribution in [0.3, 0.4) is 0 Å². The summed E-state index contributed by atoms with van der Waals surface area (Å²) in [5.74, 6) is 0.655. The highest BCUT2D eigenvalue weighted by atomic mass is 32.2. The Balaban J connectivity index is 1.63. The highest BCUT2D eigenvalue weighted by molar-refractivity contribution is 7.91. The van der Waals surface area contributed by atoms with Gasteiger partial charge >= 0.3 is 0 Å². The Hall–Kier alpha value is -4.16. The molecular formula is C24H19N5O5S2. The molecule has 0 fully saturated rings. The maximum atomic E-state index is 13.7. The smallest absolute Gasteiger partial charge is 0.287 e. The van der Waals surface area contributed by atoms with E-state index in [9.17, 15) is 16.8 Å². The first kappa shape index (κ1) is 23.6. The van der Waals surface area contributed by atoms with E-state index in [1.807, 2.05) is 0 Å². The number of nitrogens with zero attached hydrogens (tertiary/aromatic N) is 5. The quantitative estimate of drug-likeness (QED) is 0.314. The molecule has 0 N–H and O–H groups in total. The number of ether oxygens (including phenoxy) is 1. The predicted molar refractivity (Wildman–Crippen MR) is 132 cm³/mol. The van der Waals surface area contributed by atoms with Gasteiger partial charge in [0, 0.05) is 18.5 Å². The topological polar surface area (TPSA) is 134 Å². The summed E-state index contributed by atoms with van der Waals surface area (Å²) < 4.78 is 58.3. The zero-order valence-electron chi connectivity index (χ0n) is 18.9. The fraction of sp³-hybridized carbons (Fsp3) is 0.0833. The number of benzene rings is 1. The maximum Gasteiger partial charge on any atom is 0.287 e. The molecular weight excluding hydrogens is 502 g/mol. The molecule has 5 aromatic rings. The van der Waals surface area contributed by atoms with E-state index in [0.717, 1.165) is 3.97 Å². The van der Waals surface area contributed by atoms with Crippen molar-refractivity contribution in [2.24, 2.45) is 0 Å². The zero-order chi connectivity index (χ0) is 25.3. The van der Waals surface area contributed by atoms with E-state index in [4.69, 9.17) is 4.74 Å². The molecule has 5 rings (SSSR count). The summed E-state index contributed by atoms with van der Waals surface area (Å²) >= 11 is 0. The molecule has 0 unspecified atom stereocenters. The van der Waals surface area contributed by atoms with Gasteiger partial charge in [-0.15, -0.1) is 0 Å². The Morgan fingerprint density at radius 1 is 0.806 bits per heavy atom. The lowest BCUT2D eigenvalue weighted by molar-refractivity contribution is 0.479. The predicted octanol–water partition coefficient (Wildman–Crippen LogP) is 3.71. The Bertz CT molecular complexity index is 1760. The number of hydrogen-bond acceptors (Lipinski definition) is 9. The SMILES string of the molecule is CCS(=O)(=O)c1ccc(Oc2ccc3nc(-c4ccccn4)n(S(=O)(=O)c4ccccn4)c3c2)cn1. The van der Waals surface area contributed by atoms with Gasteiger partial charge in [0.1, 0.15) is 17.2 Å². The van der Waals surface area contributed by atoms with Crippen molar-refractivity contribution in [1.29, 1.82) is 0 Å². The minimum absolute atomic E-state index is 0.0488. The van der Waals surface area contributed by atoms with Crippen LogP contribution in [0.5, 0.6) is 11.5 Å². The highest BCUT2D eigenvalue weighted by Gasteiger charge is 2.27. The van der Waals surface area contributed by atoms with Crippen molar-refractivity contribution in [2.45, 2.75) is 17.0 Å². The lowest BCUT2D eigenvalue weighted by Crippen LogP contribution is -2.16. The van der Waals surface area contributed by atoms with Gasteiger partial charge in [-0.25, -0.2) is 27.3 Å². The summed E-state index contributed by atoms with van der Waals surface area (Å²) in [6.07, 6.45) is 4.25. The Kier molecular flexibility index (Phi) is 5.98. The number of hydrogen-bond donors (Lipinski definition) is 0. The van der Waals surface area contributed by atoms with E-state index in [-0.39, 0.29) is 32.9 Å². The molecule has 1 aromatic carbocycles. The lowest BCUT2D eigenvalue weighted by atomic mass is 10.3. The van der Waals surface area contributed by atoms with Crippen molar-refractivity contribution < 1.29 is 21.6 Å². The molecule has 0 saturated carbocycles. The summed E-state index contributed by atoms with van der Waals surface area (Å²) in [6.45, 7) is 1.54. The molecule has 0 aliphatic heterocycles. The Labute approximate surface area is 207 Å². The average molecular weight is 522 g/mol. The van der Waals surface area contributed by atoms with Crippen LogP contribution in [0.4, 0.5) is 0 Å². The van der Waals surface area contributed by atoms with Crippen LogP contribution in [0, 0.1) is 0 Å². The second kappa shape index (κ2) is 9.13. The van der Waals surface area contributed by atoms with Gasteiger partial charge in [0.15, 0.2) is 25.7 Å². The third-order valence-electron chi connectivity index (χ3n) is 5.26. The number of fused-ring (bicyclic) bond motifs is 1. The van der Waals surface area contributed by atoms with Gasteiger partial charge in [-0.3, -0.25) is 4.98 Å². The third-order valence-corrected chi connectivity index (χ3v) is 8.52. The monoisotopic (exact) mass is 521 g/mol. The van der Waals surface area contributed by atoms with E-state index < -0.39 is 19.9 Å². The van der Waals surface area contributed by atoms with Crippen LogP contribution in [-0.2, 0) is 19.9 Å². The van der Waals surface area contributed by atoms with Crippen LogP contribution >= 0.6 is 0 Å². The Morgan fingerprint density at radius 3 is 2.19 bits per heavy atom. The van der Waals surface area contributed by atoms with Crippen LogP contribution in [0.15, 0.2) is 95.4 Å². The fourth-order valence-corrected chi connectivity index (χ4v) is 5.67. The average Bonchev–Trinajstić information content (AvgIpc) is 3.30. The van der Waals surface area contributed by atoms with E-state index >= 15 is 0 Å². The van der Waals surface area contributed by atoms with Gasteiger partial charge in [0.25, 0.3) is 10.0 Å². The summed E-state index contributed by atoms with van der Waals surface area (Å²) in [6, 6.07) is 17.4. The van der Waals surface area contributed by atoms with Crippen LogP contribution in [0.2, 0.25) is 0 Å². The van der Waals surface area contributed by atoms with Crippen molar-refractivity contribution in [2.75, 3.05) is 5.75 Å². The number of imidazole rings is 1. The molecule has 4 aromatic heterocycles. The molecule has 0 saturated heterocycles. The maximum absolute atomic E-state index is 13.7. The van der Waals surface area contributed by atoms with Crippen molar-refractivity contribution in [3.05, 3.63) is 85.3 Å². The molecule has 0 aliphatic carbocycles. The second-order valence-electron chi connectivity index (χ2n) is 7.58. The van der Waals surface area contributed by atoms with Crippen molar-refractivity contribution in [3.8, 4) is 23.0 Å². The van der Waals surface area contributed by atoms with Crippen LogP contribution < -0.4 is 4.74 Å². The highest BCUT2D eigenvalue weighted by Crippen LogP contribution is 2.32. The molecule has 0 radical (unpaired) electrons. The standard InChI is InChI=1S/C24H19N5O5S2/c1-2-35(30,31)22-12-10-18(16-27-22)34-17-9-11-19-21(15-17)29(24(28-19)20-7-3-5-13-25-20)36(32,33)23-8-4-6-14-26-23/h3-16H,2H2,1H3. The molecule has 36 heavy (non-hydrogen) atoms. The van der Waals surface area contributed by atoms with Gasteiger partial charge in [-0.2, -0.15) is 8.42 Å². The van der Waals surface area contributed by atoms with Gasteiger partial charge in [0.05, 0.1) is 23.0 Å². The summed E-state index contributed by atoms with van der Waals surface area (Å²) in [4.78, 5) is 16.8. The summed E-state index contributed by atoms with van der Waals surface area (Å²) in [5.41, 5.74) is 1.04. The van der Waals surface area contributed by atoms with Gasteiger partial charge < -0.3 is 4.74 Å². The van der Waals surface area contributed by atoms with Gasteiger partial charge in [-0.1, -0.05) is 19.1 Å². The largest absolute Gasteiger partial charge is 0.456 e. The van der Waals surface area contributed by atoms with Crippen molar-refractivity contribution >= 4 is 30.9 Å². The van der Waals surface area contributed by atoms with Gasteiger partial charge in [-0.05, 0) is 48.5 Å². The molecule has 4 heterocycles. The summed E-state index contributed by atoms with van der Waals surface area (Å²) in [5, 5.41) is -0.197. The molecule has 10 nitrogen and oxygen atoms in total. The Morgan fingerprint density at radius 2 is 1.56 bits per heavy atom. The fourth-order valence-electron chi connectivity index (χ4n) is 3.49. The first-order chi connectivity index (χ1) is 17.3. The number of sulfone groups is 1.